The van der Waals surface area contributed by atoms with Crippen molar-refractivity contribution in [1.29, 1.82) is 0 Å². The van der Waals surface area contributed by atoms with Gasteiger partial charge in [-0.15, -0.1) is 0 Å². The van der Waals surface area contributed by atoms with Gasteiger partial charge in [-0.05, 0) is 111 Å². The van der Waals surface area contributed by atoms with E-state index in [0.717, 1.165) is 62.2 Å². The Kier molecular flexibility index (Phi) is 9.33. The summed E-state index contributed by atoms with van der Waals surface area (Å²) in [5.41, 5.74) is 3.38. The number of nitrogens with one attached hydrogen (secondary N) is 1. The highest BCUT2D eigenvalue weighted by Gasteiger charge is 2.51. The number of nitrogens with zero attached hydrogens (tertiary/aromatic N) is 2. The van der Waals surface area contributed by atoms with E-state index < -0.39 is 21.2 Å². The summed E-state index contributed by atoms with van der Waals surface area (Å²) in [7, 11) is -3.93. The minimum atomic E-state index is -3.93. The Morgan fingerprint density at radius 3 is 2.47 bits per heavy atom. The zero-order valence-corrected chi connectivity index (χ0v) is 31.4. The lowest BCUT2D eigenvalue weighted by atomic mass is 9.64. The Hall–Kier alpha value is -2.86. The third kappa shape index (κ3) is 6.55. The second-order valence-electron chi connectivity index (χ2n) is 16.2. The smallest absolute Gasteiger partial charge is 0.264 e. The number of carbonyl (C=O) groups excluding carboxylic acids is 2. The maximum absolute atomic E-state index is 13.6. The van der Waals surface area contributed by atoms with Crippen LogP contribution in [0.25, 0.3) is 0 Å². The SMILES string of the molecule is CC(=O)N1C[C@@H]2OC([C@@H]3CCC[C@H](C)[C@@H](C)S(=O)(=O)NC(=O)c4ccc5c(c4)N(C[C@@H]4CC[C@H]43)C[C@@]3(CCCc4cc(Cl)ccc43)CO5)O[C@@H]2C1. The van der Waals surface area contributed by atoms with E-state index in [4.69, 9.17) is 25.8 Å². The largest absolute Gasteiger partial charge is 0.490 e. The highest BCUT2D eigenvalue weighted by molar-refractivity contribution is 7.90. The molecule has 6 aliphatic rings. The Balaban J connectivity index is 1.15. The van der Waals surface area contributed by atoms with Gasteiger partial charge in [0, 0.05) is 55.0 Å². The van der Waals surface area contributed by atoms with Gasteiger partial charge in [0.1, 0.15) is 18.0 Å². The molecule has 2 aromatic carbocycles. The van der Waals surface area contributed by atoms with Crippen LogP contribution < -0.4 is 14.4 Å². The van der Waals surface area contributed by atoms with Crippen molar-refractivity contribution < 1.29 is 32.2 Å². The molecule has 9 atom stereocenters. The highest BCUT2D eigenvalue weighted by Crippen LogP contribution is 2.50. The van der Waals surface area contributed by atoms with Gasteiger partial charge in [-0.3, -0.25) is 9.59 Å². The van der Waals surface area contributed by atoms with Crippen LogP contribution >= 0.6 is 11.6 Å². The van der Waals surface area contributed by atoms with E-state index in [9.17, 15) is 18.0 Å². The van der Waals surface area contributed by atoms with E-state index >= 15 is 0 Å². The van der Waals surface area contributed by atoms with Crippen molar-refractivity contribution in [1.82, 2.24) is 9.62 Å². The van der Waals surface area contributed by atoms with Gasteiger partial charge < -0.3 is 24.0 Å². The summed E-state index contributed by atoms with van der Waals surface area (Å²) < 4.78 is 49.4. The van der Waals surface area contributed by atoms with Crippen molar-refractivity contribution in [2.24, 2.45) is 23.7 Å². The molecule has 276 valence electrons. The topological polar surface area (TPSA) is 114 Å². The first-order chi connectivity index (χ1) is 24.4. The standard InChI is InChI=1S/C39H50ClN3O7S/c1-23-6-4-8-31(38-49-35-19-42(25(3)44)20-36(35)50-38)30-12-9-28(30)18-43-21-39(15-5-7-26-16-29(40)11-13-32(26)39)22-48-34-14-10-27(17-33(34)43)37(45)41-51(46,47)24(23)2/h10-11,13-14,16-17,23-24,28,30-31,35-36,38H,4-9,12,15,18-22H2,1-3H3,(H,41,45)/t23-,24+,28-,30+,31+,35-,36+,38?,39-/m0/s1. The molecule has 0 aromatic heterocycles. The molecule has 1 spiro atoms. The Labute approximate surface area is 306 Å². The number of benzene rings is 2. The van der Waals surface area contributed by atoms with E-state index in [2.05, 4.69) is 21.8 Å². The molecule has 4 aliphatic heterocycles. The van der Waals surface area contributed by atoms with E-state index in [1.165, 1.54) is 11.1 Å². The number of sulfonamides is 1. The van der Waals surface area contributed by atoms with Crippen molar-refractivity contribution in [2.45, 2.75) is 101 Å². The maximum atomic E-state index is 13.6. The van der Waals surface area contributed by atoms with Gasteiger partial charge in [0.25, 0.3) is 5.91 Å². The number of halogens is 1. The molecule has 0 radical (unpaired) electrons. The number of carbonyl (C=O) groups is 2. The summed E-state index contributed by atoms with van der Waals surface area (Å²) in [5.74, 6) is 0.837. The number of fused-ring (bicyclic) bond motifs is 5. The molecular formula is C39H50ClN3O7S. The van der Waals surface area contributed by atoms with Gasteiger partial charge in [-0.1, -0.05) is 31.0 Å². The number of aryl methyl sites for hydroxylation is 1. The van der Waals surface area contributed by atoms with Crippen LogP contribution in [-0.2, 0) is 36.1 Å². The van der Waals surface area contributed by atoms with Crippen molar-refractivity contribution >= 4 is 39.1 Å². The zero-order chi connectivity index (χ0) is 35.7. The number of anilines is 1. The summed E-state index contributed by atoms with van der Waals surface area (Å²) in [6.07, 6.45) is 6.89. The van der Waals surface area contributed by atoms with Crippen molar-refractivity contribution in [3.8, 4) is 5.75 Å². The lowest BCUT2D eigenvalue weighted by Crippen LogP contribution is -2.50. The Bertz CT molecular complexity index is 1790. The number of likely N-dealkylation sites (tertiary alicyclic amines) is 1. The van der Waals surface area contributed by atoms with E-state index in [1.807, 2.05) is 25.1 Å². The van der Waals surface area contributed by atoms with E-state index in [0.29, 0.717) is 55.8 Å². The second-order valence-corrected chi connectivity index (χ2v) is 18.7. The summed E-state index contributed by atoms with van der Waals surface area (Å²) in [6, 6.07) is 11.6. The third-order valence-electron chi connectivity index (χ3n) is 13.1. The molecule has 10 nitrogen and oxygen atoms in total. The molecule has 1 saturated carbocycles. The van der Waals surface area contributed by atoms with Crippen molar-refractivity contribution in [3.63, 3.8) is 0 Å². The first-order valence-corrected chi connectivity index (χ1v) is 20.8. The summed E-state index contributed by atoms with van der Waals surface area (Å²) in [5, 5.41) is -0.0126. The van der Waals surface area contributed by atoms with Crippen LogP contribution in [0.1, 0.15) is 87.2 Å². The lowest BCUT2D eigenvalue weighted by molar-refractivity contribution is -0.152. The number of hydrogen-bond acceptors (Lipinski definition) is 8. The van der Waals surface area contributed by atoms with Crippen molar-refractivity contribution in [2.75, 3.05) is 37.7 Å². The molecule has 2 saturated heterocycles. The quantitative estimate of drug-likeness (QED) is 0.397. The molecule has 1 unspecified atom stereocenters. The third-order valence-corrected chi connectivity index (χ3v) is 15.3. The average Bonchev–Trinajstić information content (AvgIpc) is 3.63. The Morgan fingerprint density at radius 2 is 1.75 bits per heavy atom. The first kappa shape index (κ1) is 35.2. The molecule has 1 N–H and O–H groups in total. The molecular weight excluding hydrogens is 690 g/mol. The fourth-order valence-electron chi connectivity index (χ4n) is 9.81. The van der Waals surface area contributed by atoms with Gasteiger partial charge in [-0.25, -0.2) is 13.1 Å². The molecule has 2 aromatic rings. The molecule has 51 heavy (non-hydrogen) atoms. The molecule has 2 bridgehead atoms. The highest BCUT2D eigenvalue weighted by atomic mass is 35.5. The van der Waals surface area contributed by atoms with E-state index in [1.54, 1.807) is 24.8 Å². The average molecular weight is 740 g/mol. The van der Waals surface area contributed by atoms with Gasteiger partial charge in [0.05, 0.1) is 17.5 Å². The summed E-state index contributed by atoms with van der Waals surface area (Å²) in [6.45, 7) is 8.32. The molecule has 4 heterocycles. The van der Waals surface area contributed by atoms with Crippen LogP contribution in [-0.4, -0.2) is 81.7 Å². The van der Waals surface area contributed by atoms with Crippen LogP contribution in [0.5, 0.6) is 5.75 Å². The fraction of sp³-hybridized carbons (Fsp3) is 0.641. The molecule has 12 heteroatoms. The van der Waals surface area contributed by atoms with Gasteiger partial charge in [0.15, 0.2) is 6.29 Å². The minimum Gasteiger partial charge on any atom is -0.490 e. The number of hydrogen-bond donors (Lipinski definition) is 1. The molecule has 2 aliphatic carbocycles. The lowest BCUT2D eigenvalue weighted by Gasteiger charge is -2.47. The van der Waals surface area contributed by atoms with Gasteiger partial charge in [0.2, 0.25) is 15.9 Å². The number of ether oxygens (including phenoxy) is 3. The molecule has 3 fully saturated rings. The monoisotopic (exact) mass is 739 g/mol. The predicted octanol–water partition coefficient (Wildman–Crippen LogP) is 5.70. The van der Waals surface area contributed by atoms with Gasteiger partial charge in [-0.2, -0.15) is 0 Å². The van der Waals surface area contributed by atoms with Crippen LogP contribution in [0, 0.1) is 23.7 Å². The van der Waals surface area contributed by atoms with Crippen molar-refractivity contribution in [3.05, 3.63) is 58.1 Å². The first-order valence-electron chi connectivity index (χ1n) is 18.8. The van der Waals surface area contributed by atoms with Crippen LogP contribution in [0.15, 0.2) is 36.4 Å². The summed E-state index contributed by atoms with van der Waals surface area (Å²) in [4.78, 5) is 29.9. The van der Waals surface area contributed by atoms with E-state index in [-0.39, 0.29) is 41.7 Å². The molecule has 8 rings (SSSR count). The normalized spacial score (nSPS) is 36.2. The fourth-order valence-corrected chi connectivity index (χ4v) is 11.3. The van der Waals surface area contributed by atoms with Gasteiger partial charge >= 0.3 is 0 Å². The predicted molar refractivity (Wildman–Crippen MR) is 195 cm³/mol. The number of rotatable bonds is 1. The summed E-state index contributed by atoms with van der Waals surface area (Å²) >= 11 is 6.47. The number of amides is 2. The Morgan fingerprint density at radius 1 is 0.961 bits per heavy atom. The minimum absolute atomic E-state index is 0.0393. The second kappa shape index (κ2) is 13.5. The van der Waals surface area contributed by atoms with Crippen LogP contribution in [0.4, 0.5) is 5.69 Å². The molecule has 2 amide bonds. The zero-order valence-electron chi connectivity index (χ0n) is 29.8. The van der Waals surface area contributed by atoms with Crippen LogP contribution in [0.3, 0.4) is 0 Å². The maximum Gasteiger partial charge on any atom is 0.264 e. The van der Waals surface area contributed by atoms with Crippen LogP contribution in [0.2, 0.25) is 5.02 Å².